The predicted octanol–water partition coefficient (Wildman–Crippen LogP) is 4.57. The van der Waals surface area contributed by atoms with Crippen LogP contribution in [0.25, 0.3) is 0 Å². The van der Waals surface area contributed by atoms with Gasteiger partial charge in [0.2, 0.25) is 11.8 Å². The molecule has 0 saturated carbocycles. The highest BCUT2D eigenvalue weighted by atomic mass is 16.4. The van der Waals surface area contributed by atoms with E-state index in [0.717, 1.165) is 6.42 Å². The van der Waals surface area contributed by atoms with Gasteiger partial charge >= 0.3 is 5.97 Å². The summed E-state index contributed by atoms with van der Waals surface area (Å²) in [5.41, 5.74) is 0. The largest absolute Gasteiger partial charge is 0.481 e. The van der Waals surface area contributed by atoms with Crippen molar-refractivity contribution in [1.82, 2.24) is 10.2 Å². The fourth-order valence-corrected chi connectivity index (χ4v) is 3.12. The van der Waals surface area contributed by atoms with Crippen molar-refractivity contribution < 1.29 is 19.5 Å². The Bertz CT molecular complexity index is 438. The lowest BCUT2D eigenvalue weighted by Crippen LogP contribution is -2.42. The van der Waals surface area contributed by atoms with Crippen LogP contribution in [0.2, 0.25) is 0 Å². The van der Waals surface area contributed by atoms with Gasteiger partial charge in [0.25, 0.3) is 0 Å². The topological polar surface area (TPSA) is 86.7 Å². The van der Waals surface area contributed by atoms with Gasteiger partial charge in [0.1, 0.15) is 0 Å². The summed E-state index contributed by atoms with van der Waals surface area (Å²) in [5, 5.41) is 12.2. The second-order valence-electron chi connectivity index (χ2n) is 6.82. The first-order valence-electron chi connectivity index (χ1n) is 8.58. The lowest BCUT2D eigenvalue weighted by Gasteiger charge is -2.31. The van der Waals surface area contributed by atoms with Gasteiger partial charge in [-0.2, -0.15) is 0 Å². The van der Waals surface area contributed by atoms with Crippen LogP contribution in [0, 0.1) is 11.8 Å². The van der Waals surface area contributed by atoms with E-state index in [-0.39, 0.29) is 59.5 Å². The normalized spacial score (nSPS) is 16.0. The minimum absolute atomic E-state index is 0. The van der Waals surface area contributed by atoms with Crippen molar-refractivity contribution in [3.05, 3.63) is 0 Å². The van der Waals surface area contributed by atoms with E-state index in [0.29, 0.717) is 32.2 Å². The molecule has 3 atom stereocenters. The van der Waals surface area contributed by atoms with Crippen LogP contribution < -0.4 is 5.32 Å². The number of nitrogens with one attached hydrogen (secondary N) is 1. The fraction of sp³-hybridized carbons (Fsp3) is 0.857. The SMILES string of the molecule is C.C.C.C.CCC(CC(CC(C)C(=O)NC(C)C)N1CCCC1=O)C(=O)O. The Morgan fingerprint density at radius 3 is 2.04 bits per heavy atom. The molecule has 0 radical (unpaired) electrons. The molecule has 6 heteroatoms. The van der Waals surface area contributed by atoms with Crippen molar-refractivity contribution in [3.63, 3.8) is 0 Å². The highest BCUT2D eigenvalue weighted by Gasteiger charge is 2.33. The van der Waals surface area contributed by atoms with Crippen molar-refractivity contribution in [2.75, 3.05) is 6.54 Å². The summed E-state index contributed by atoms with van der Waals surface area (Å²) < 4.78 is 0. The number of hydrogen-bond donors (Lipinski definition) is 2. The molecule has 2 N–H and O–H groups in total. The van der Waals surface area contributed by atoms with Gasteiger partial charge in [0.15, 0.2) is 0 Å². The number of carboxylic acid groups (broad SMARTS) is 1. The summed E-state index contributed by atoms with van der Waals surface area (Å²) in [6.07, 6.45) is 2.78. The third kappa shape index (κ3) is 10.4. The number of likely N-dealkylation sites (tertiary alicyclic amines) is 1. The number of carboxylic acids is 1. The summed E-state index contributed by atoms with van der Waals surface area (Å²) in [6, 6.07) is -0.113. The molecule has 0 spiro atoms. The molecule has 27 heavy (non-hydrogen) atoms. The molecular formula is C21H46N2O4. The van der Waals surface area contributed by atoms with Crippen LogP contribution in [0.5, 0.6) is 0 Å². The van der Waals surface area contributed by atoms with Crippen molar-refractivity contribution in [3.8, 4) is 0 Å². The highest BCUT2D eigenvalue weighted by molar-refractivity contribution is 5.80. The molecule has 1 heterocycles. The molecule has 1 aliphatic heterocycles. The van der Waals surface area contributed by atoms with Gasteiger partial charge in [-0.1, -0.05) is 43.6 Å². The number of carbonyl (C=O) groups excluding carboxylic acids is 2. The van der Waals surface area contributed by atoms with E-state index in [1.54, 1.807) is 4.90 Å². The van der Waals surface area contributed by atoms with Crippen LogP contribution in [0.3, 0.4) is 0 Å². The molecule has 1 fully saturated rings. The van der Waals surface area contributed by atoms with Crippen molar-refractivity contribution in [2.45, 2.75) is 102 Å². The van der Waals surface area contributed by atoms with E-state index < -0.39 is 11.9 Å². The summed E-state index contributed by atoms with van der Waals surface area (Å²) in [5.74, 6) is -1.52. The average molecular weight is 391 g/mol. The lowest BCUT2D eigenvalue weighted by atomic mass is 9.90. The van der Waals surface area contributed by atoms with Gasteiger partial charge in [0, 0.05) is 31.0 Å². The van der Waals surface area contributed by atoms with Gasteiger partial charge in [-0.25, -0.2) is 0 Å². The molecule has 6 nitrogen and oxygen atoms in total. The molecule has 1 rings (SSSR count). The molecule has 164 valence electrons. The second kappa shape index (κ2) is 15.5. The third-order valence-electron chi connectivity index (χ3n) is 4.45. The Morgan fingerprint density at radius 2 is 1.67 bits per heavy atom. The molecule has 0 aromatic rings. The number of nitrogens with zero attached hydrogens (tertiary/aromatic N) is 1. The predicted molar refractivity (Wildman–Crippen MR) is 115 cm³/mol. The molecule has 0 aromatic heterocycles. The van der Waals surface area contributed by atoms with E-state index in [9.17, 15) is 19.5 Å². The van der Waals surface area contributed by atoms with Crippen LogP contribution in [0.15, 0.2) is 0 Å². The molecule has 1 saturated heterocycles. The molecule has 2 amide bonds. The zero-order valence-corrected chi connectivity index (χ0v) is 14.7. The first-order chi connectivity index (χ1) is 10.8. The van der Waals surface area contributed by atoms with Crippen LogP contribution in [-0.2, 0) is 14.4 Å². The molecule has 0 aliphatic carbocycles. The maximum atomic E-state index is 12.1. The van der Waals surface area contributed by atoms with Gasteiger partial charge in [-0.15, -0.1) is 0 Å². The Balaban J connectivity index is -0.000000661. The molecule has 0 aromatic carbocycles. The molecule has 1 aliphatic rings. The number of aliphatic carboxylic acids is 1. The summed E-state index contributed by atoms with van der Waals surface area (Å²) in [4.78, 5) is 37.3. The minimum Gasteiger partial charge on any atom is -0.481 e. The van der Waals surface area contributed by atoms with E-state index in [4.69, 9.17) is 0 Å². The number of hydrogen-bond acceptors (Lipinski definition) is 3. The van der Waals surface area contributed by atoms with E-state index in [2.05, 4.69) is 5.32 Å². The Kier molecular flexibility index (Phi) is 18.9. The molecular weight excluding hydrogens is 344 g/mol. The van der Waals surface area contributed by atoms with Crippen LogP contribution in [-0.4, -0.2) is 46.4 Å². The van der Waals surface area contributed by atoms with Crippen LogP contribution in [0.1, 0.15) is 89.5 Å². The summed E-state index contributed by atoms with van der Waals surface area (Å²) in [6.45, 7) is 8.16. The van der Waals surface area contributed by atoms with E-state index in [1.807, 2.05) is 27.7 Å². The molecule has 0 bridgehead atoms. The lowest BCUT2D eigenvalue weighted by molar-refractivity contribution is -0.143. The van der Waals surface area contributed by atoms with E-state index >= 15 is 0 Å². The number of amides is 2. The van der Waals surface area contributed by atoms with Gasteiger partial charge < -0.3 is 15.3 Å². The zero-order valence-electron chi connectivity index (χ0n) is 14.7. The monoisotopic (exact) mass is 390 g/mol. The van der Waals surface area contributed by atoms with Gasteiger partial charge in [-0.05, 0) is 39.5 Å². The number of carbonyl (C=O) groups is 3. The highest BCUT2D eigenvalue weighted by Crippen LogP contribution is 2.26. The van der Waals surface area contributed by atoms with Crippen molar-refractivity contribution in [1.29, 1.82) is 0 Å². The first-order valence-corrected chi connectivity index (χ1v) is 8.58. The van der Waals surface area contributed by atoms with Crippen molar-refractivity contribution in [2.24, 2.45) is 11.8 Å². The Hall–Kier alpha value is -1.59. The second-order valence-corrected chi connectivity index (χ2v) is 6.82. The molecule has 3 unspecified atom stereocenters. The van der Waals surface area contributed by atoms with E-state index in [1.165, 1.54) is 0 Å². The maximum Gasteiger partial charge on any atom is 0.306 e. The maximum absolute atomic E-state index is 12.1. The van der Waals surface area contributed by atoms with Gasteiger partial charge in [0.05, 0.1) is 5.92 Å². The smallest absolute Gasteiger partial charge is 0.306 e. The van der Waals surface area contributed by atoms with Crippen LogP contribution in [0.4, 0.5) is 0 Å². The first kappa shape index (κ1) is 33.0. The van der Waals surface area contributed by atoms with Crippen LogP contribution >= 0.6 is 0 Å². The summed E-state index contributed by atoms with van der Waals surface area (Å²) >= 11 is 0. The minimum atomic E-state index is -0.830. The zero-order chi connectivity index (χ0) is 17.6. The standard InChI is InChI=1S/C17H30N2O4.4CH4/c1-5-13(17(22)23)10-14(19-8-6-7-15(19)20)9-12(4)16(21)18-11(2)3;;;;/h11-14H,5-10H2,1-4H3,(H,18,21)(H,22,23);4*1H4. The van der Waals surface area contributed by atoms with Crippen molar-refractivity contribution >= 4 is 17.8 Å². The fourth-order valence-electron chi connectivity index (χ4n) is 3.12. The Morgan fingerprint density at radius 1 is 1.11 bits per heavy atom. The quantitative estimate of drug-likeness (QED) is 0.603. The number of rotatable bonds is 9. The van der Waals surface area contributed by atoms with Gasteiger partial charge in [-0.3, -0.25) is 14.4 Å². The Labute approximate surface area is 168 Å². The average Bonchev–Trinajstić information content (AvgIpc) is 2.88. The summed E-state index contributed by atoms with van der Waals surface area (Å²) in [7, 11) is 0. The third-order valence-corrected chi connectivity index (χ3v) is 4.45.